The molecule has 0 N–H and O–H groups in total. The lowest BCUT2D eigenvalue weighted by Crippen LogP contribution is -2.37. The Labute approximate surface area is 132 Å². The van der Waals surface area contributed by atoms with Crippen molar-refractivity contribution >= 4 is 0 Å². The van der Waals surface area contributed by atoms with Crippen LogP contribution in [0.2, 0.25) is 0 Å². The predicted octanol–water partition coefficient (Wildman–Crippen LogP) is 4.66. The number of hydrogen-bond acceptors (Lipinski definition) is 2. The number of allylic oxidation sites excluding steroid dienone is 1. The van der Waals surface area contributed by atoms with Gasteiger partial charge in [-0.1, -0.05) is 24.3 Å². The minimum atomic E-state index is -0.155. The zero-order valence-electron chi connectivity index (χ0n) is 13.2. The lowest BCUT2D eigenvalue weighted by Gasteiger charge is -2.37. The van der Waals surface area contributed by atoms with Crippen molar-refractivity contribution in [2.24, 2.45) is 11.8 Å². The van der Waals surface area contributed by atoms with Gasteiger partial charge in [0.15, 0.2) is 6.29 Å². The third-order valence-corrected chi connectivity index (χ3v) is 4.91. The highest BCUT2D eigenvalue weighted by atomic mass is 19.1. The van der Waals surface area contributed by atoms with Crippen LogP contribution in [-0.2, 0) is 9.47 Å². The zero-order valence-corrected chi connectivity index (χ0v) is 13.2. The summed E-state index contributed by atoms with van der Waals surface area (Å²) in [5.74, 6) is 1.30. The van der Waals surface area contributed by atoms with E-state index in [0.717, 1.165) is 38.9 Å². The molecule has 1 heterocycles. The summed E-state index contributed by atoms with van der Waals surface area (Å²) >= 11 is 0. The van der Waals surface area contributed by atoms with E-state index < -0.39 is 0 Å². The average Bonchev–Trinajstić information content (AvgIpc) is 2.57. The van der Waals surface area contributed by atoms with Crippen LogP contribution < -0.4 is 0 Å². The maximum atomic E-state index is 13.0. The molecular weight excluding hydrogens is 279 g/mol. The highest BCUT2D eigenvalue weighted by Crippen LogP contribution is 2.38. The molecule has 22 heavy (non-hydrogen) atoms. The summed E-state index contributed by atoms with van der Waals surface area (Å²) in [5, 5.41) is 0. The van der Waals surface area contributed by atoms with E-state index in [-0.39, 0.29) is 12.1 Å². The number of benzene rings is 1. The fourth-order valence-corrected chi connectivity index (χ4v) is 3.65. The Morgan fingerprint density at radius 2 is 1.64 bits per heavy atom. The fraction of sp³-hybridized carbons (Fsp3) is 0.579. The summed E-state index contributed by atoms with van der Waals surface area (Å²) in [5.41, 5.74) is 1.26. The number of ether oxygens (including phenoxy) is 2. The van der Waals surface area contributed by atoms with Crippen LogP contribution in [0.1, 0.15) is 44.1 Å². The first kappa shape index (κ1) is 15.7. The van der Waals surface area contributed by atoms with Crippen LogP contribution >= 0.6 is 0 Å². The van der Waals surface area contributed by atoms with E-state index >= 15 is 0 Å². The summed E-state index contributed by atoms with van der Waals surface area (Å²) in [6.45, 7) is 3.57. The van der Waals surface area contributed by atoms with Gasteiger partial charge in [-0.05, 0) is 56.2 Å². The summed E-state index contributed by atoms with van der Waals surface area (Å²) < 4.78 is 24.8. The standard InChI is InChI=1S/C19H25FO2/c1-2-3-14-12-21-19(22-13-14)17-6-4-15(5-7-17)16-8-10-18(20)11-9-16/h2-3,8-11,14-15,17,19H,4-7,12-13H2,1H3/t14-,15-,17-,19-. The molecule has 2 aliphatic rings. The lowest BCUT2D eigenvalue weighted by molar-refractivity contribution is -0.222. The molecule has 3 rings (SSSR count). The normalized spacial score (nSPS) is 33.2. The zero-order chi connectivity index (χ0) is 15.4. The Hall–Kier alpha value is -1.19. The van der Waals surface area contributed by atoms with Crippen molar-refractivity contribution in [3.8, 4) is 0 Å². The molecule has 120 valence electrons. The van der Waals surface area contributed by atoms with E-state index in [9.17, 15) is 4.39 Å². The Bertz CT molecular complexity index is 481. The molecule has 1 saturated carbocycles. The van der Waals surface area contributed by atoms with Gasteiger partial charge >= 0.3 is 0 Å². The molecule has 0 amide bonds. The van der Waals surface area contributed by atoms with Crippen molar-refractivity contribution in [3.05, 3.63) is 47.8 Å². The molecule has 1 aromatic carbocycles. The van der Waals surface area contributed by atoms with Gasteiger partial charge in [0.05, 0.1) is 13.2 Å². The van der Waals surface area contributed by atoms with E-state index in [1.165, 1.54) is 5.56 Å². The van der Waals surface area contributed by atoms with Gasteiger partial charge < -0.3 is 9.47 Å². The molecule has 3 heteroatoms. The largest absolute Gasteiger partial charge is 0.352 e. The molecule has 2 fully saturated rings. The monoisotopic (exact) mass is 304 g/mol. The number of halogens is 1. The Kier molecular flexibility index (Phi) is 5.27. The quantitative estimate of drug-likeness (QED) is 0.756. The minimum Gasteiger partial charge on any atom is -0.352 e. The molecular formula is C19H25FO2. The maximum absolute atomic E-state index is 13.0. The van der Waals surface area contributed by atoms with Crippen LogP contribution in [0.4, 0.5) is 4.39 Å². The highest BCUT2D eigenvalue weighted by Gasteiger charge is 2.32. The lowest BCUT2D eigenvalue weighted by atomic mass is 9.78. The molecule has 1 aliphatic heterocycles. The van der Waals surface area contributed by atoms with Crippen LogP contribution in [0.25, 0.3) is 0 Å². The first-order chi connectivity index (χ1) is 10.8. The molecule has 0 spiro atoms. The summed E-state index contributed by atoms with van der Waals surface area (Å²) in [6, 6.07) is 6.98. The molecule has 0 unspecified atom stereocenters. The van der Waals surface area contributed by atoms with Crippen molar-refractivity contribution in [2.45, 2.75) is 44.8 Å². The smallest absolute Gasteiger partial charge is 0.160 e. The second kappa shape index (κ2) is 7.38. The minimum absolute atomic E-state index is 0.0318. The second-order valence-electron chi connectivity index (χ2n) is 6.48. The second-order valence-corrected chi connectivity index (χ2v) is 6.48. The van der Waals surface area contributed by atoms with E-state index in [1.807, 2.05) is 19.1 Å². The topological polar surface area (TPSA) is 18.5 Å². The summed E-state index contributed by atoms with van der Waals surface area (Å²) in [4.78, 5) is 0. The van der Waals surface area contributed by atoms with E-state index in [4.69, 9.17) is 9.47 Å². The third kappa shape index (κ3) is 3.76. The molecule has 0 atom stereocenters. The fourth-order valence-electron chi connectivity index (χ4n) is 3.65. The van der Waals surface area contributed by atoms with Gasteiger partial charge in [0.2, 0.25) is 0 Å². The van der Waals surface area contributed by atoms with E-state index in [1.54, 1.807) is 12.1 Å². The van der Waals surface area contributed by atoms with Gasteiger partial charge in [0.25, 0.3) is 0 Å². The van der Waals surface area contributed by atoms with Gasteiger partial charge in [-0.15, -0.1) is 0 Å². The van der Waals surface area contributed by atoms with Gasteiger partial charge in [-0.3, -0.25) is 0 Å². The van der Waals surface area contributed by atoms with Crippen LogP contribution in [0.15, 0.2) is 36.4 Å². The first-order valence-corrected chi connectivity index (χ1v) is 8.37. The van der Waals surface area contributed by atoms with Crippen LogP contribution in [-0.4, -0.2) is 19.5 Å². The molecule has 1 aliphatic carbocycles. The van der Waals surface area contributed by atoms with E-state index in [2.05, 4.69) is 12.2 Å². The van der Waals surface area contributed by atoms with Gasteiger partial charge in [0.1, 0.15) is 5.82 Å². The molecule has 0 aromatic heterocycles. The Morgan fingerprint density at radius 3 is 2.23 bits per heavy atom. The molecule has 2 nitrogen and oxygen atoms in total. The summed E-state index contributed by atoms with van der Waals surface area (Å²) in [7, 11) is 0. The molecule has 0 bridgehead atoms. The Balaban J connectivity index is 1.49. The number of hydrogen-bond donors (Lipinski definition) is 0. The van der Waals surface area contributed by atoms with Crippen molar-refractivity contribution in [1.29, 1.82) is 0 Å². The van der Waals surface area contributed by atoms with Crippen LogP contribution in [0, 0.1) is 17.7 Å². The molecule has 1 aromatic rings. The van der Waals surface area contributed by atoms with Gasteiger partial charge in [-0.2, -0.15) is 0 Å². The third-order valence-electron chi connectivity index (χ3n) is 4.91. The van der Waals surface area contributed by atoms with Crippen molar-refractivity contribution < 1.29 is 13.9 Å². The highest BCUT2D eigenvalue weighted by molar-refractivity contribution is 5.20. The number of rotatable bonds is 3. The van der Waals surface area contributed by atoms with Crippen LogP contribution in [0.5, 0.6) is 0 Å². The first-order valence-electron chi connectivity index (χ1n) is 8.37. The molecule has 1 saturated heterocycles. The van der Waals surface area contributed by atoms with Crippen LogP contribution in [0.3, 0.4) is 0 Å². The Morgan fingerprint density at radius 1 is 1.00 bits per heavy atom. The van der Waals surface area contributed by atoms with Gasteiger partial charge in [-0.25, -0.2) is 4.39 Å². The summed E-state index contributed by atoms with van der Waals surface area (Å²) in [6.07, 6.45) is 8.71. The van der Waals surface area contributed by atoms with E-state index in [0.29, 0.717) is 17.8 Å². The SMILES string of the molecule is CC=C[C@H]1CO[C@H]([C@H]2CC[C@H](c3ccc(F)cc3)CC2)OC1. The maximum Gasteiger partial charge on any atom is 0.160 e. The van der Waals surface area contributed by atoms with Crippen molar-refractivity contribution in [3.63, 3.8) is 0 Å². The van der Waals surface area contributed by atoms with Crippen molar-refractivity contribution in [1.82, 2.24) is 0 Å². The van der Waals surface area contributed by atoms with Crippen molar-refractivity contribution in [2.75, 3.05) is 13.2 Å². The predicted molar refractivity (Wildman–Crippen MR) is 85.1 cm³/mol. The van der Waals surface area contributed by atoms with Gasteiger partial charge in [0, 0.05) is 11.8 Å². The average molecular weight is 304 g/mol. The molecule has 0 radical (unpaired) electrons.